The molecule has 0 radical (unpaired) electrons. The number of carbonyl (C=O) groups excluding carboxylic acids is 1. The standard InChI is InChI=1S/C20H32N4O2.HI/c1-3-11-26-15-18-9-5-4-8-17(18)13-23-20(22-2)24-10-6-7-16(14-24)12-19(21)25;/h4-5,8-9,16H,3,6-7,10-15H2,1-2H3,(H2,21,25)(H,22,23);1H. The van der Waals surface area contributed by atoms with Crippen LogP contribution >= 0.6 is 24.0 Å². The number of nitrogens with two attached hydrogens (primary N) is 1. The number of guanidine groups is 1. The summed E-state index contributed by atoms with van der Waals surface area (Å²) in [6.07, 6.45) is 3.58. The summed E-state index contributed by atoms with van der Waals surface area (Å²) in [5, 5.41) is 3.46. The second kappa shape index (κ2) is 12.9. The molecule has 1 aromatic carbocycles. The molecule has 1 aliphatic rings. The van der Waals surface area contributed by atoms with Crippen molar-refractivity contribution in [1.82, 2.24) is 10.2 Å². The summed E-state index contributed by atoms with van der Waals surface area (Å²) in [4.78, 5) is 17.9. The number of carbonyl (C=O) groups is 1. The SMILES string of the molecule is CCCOCc1ccccc1CNC(=NC)N1CCCC(CC(N)=O)C1.I. The number of benzene rings is 1. The zero-order valence-corrected chi connectivity index (χ0v) is 18.8. The summed E-state index contributed by atoms with van der Waals surface area (Å²) in [5.74, 6) is 0.971. The molecule has 1 aromatic rings. The van der Waals surface area contributed by atoms with E-state index in [1.807, 2.05) is 12.1 Å². The fourth-order valence-corrected chi connectivity index (χ4v) is 3.41. The molecule has 0 aliphatic carbocycles. The quantitative estimate of drug-likeness (QED) is 0.255. The van der Waals surface area contributed by atoms with Crippen molar-refractivity contribution >= 4 is 35.8 Å². The van der Waals surface area contributed by atoms with Crippen LogP contribution in [-0.2, 0) is 22.7 Å². The molecule has 3 N–H and O–H groups in total. The van der Waals surface area contributed by atoms with Crippen LogP contribution in [0.1, 0.15) is 43.7 Å². The molecule has 2 rings (SSSR count). The lowest BCUT2D eigenvalue weighted by atomic mass is 9.95. The molecule has 1 saturated heterocycles. The number of halogens is 1. The predicted octanol–water partition coefficient (Wildman–Crippen LogP) is 2.89. The van der Waals surface area contributed by atoms with E-state index in [0.717, 1.165) is 44.9 Å². The predicted molar refractivity (Wildman–Crippen MR) is 120 cm³/mol. The highest BCUT2D eigenvalue weighted by Gasteiger charge is 2.23. The molecule has 0 spiro atoms. The van der Waals surface area contributed by atoms with E-state index in [1.165, 1.54) is 11.1 Å². The van der Waals surface area contributed by atoms with E-state index < -0.39 is 0 Å². The normalized spacial score (nSPS) is 17.3. The minimum Gasteiger partial charge on any atom is -0.377 e. The Labute approximate surface area is 179 Å². The average Bonchev–Trinajstić information content (AvgIpc) is 2.63. The lowest BCUT2D eigenvalue weighted by Gasteiger charge is -2.34. The Hall–Kier alpha value is -1.35. The van der Waals surface area contributed by atoms with Gasteiger partial charge in [-0.2, -0.15) is 0 Å². The second-order valence-electron chi connectivity index (χ2n) is 6.85. The molecule has 0 aromatic heterocycles. The third kappa shape index (κ3) is 8.04. The fourth-order valence-electron chi connectivity index (χ4n) is 3.41. The maximum atomic E-state index is 11.2. The molecule has 1 unspecified atom stereocenters. The lowest BCUT2D eigenvalue weighted by Crippen LogP contribution is -2.47. The number of primary amides is 1. The van der Waals surface area contributed by atoms with Gasteiger partial charge in [0.05, 0.1) is 6.61 Å². The summed E-state index contributed by atoms with van der Waals surface area (Å²) in [6.45, 7) is 6.00. The minimum atomic E-state index is -0.221. The topological polar surface area (TPSA) is 79.9 Å². The lowest BCUT2D eigenvalue weighted by molar-refractivity contribution is -0.119. The van der Waals surface area contributed by atoms with Gasteiger partial charge in [-0.25, -0.2) is 0 Å². The highest BCUT2D eigenvalue weighted by Crippen LogP contribution is 2.19. The second-order valence-corrected chi connectivity index (χ2v) is 6.85. The van der Waals surface area contributed by atoms with Crippen molar-refractivity contribution in [2.45, 2.75) is 45.8 Å². The molecule has 0 bridgehead atoms. The van der Waals surface area contributed by atoms with Crippen LogP contribution in [0.15, 0.2) is 29.3 Å². The Bertz CT molecular complexity index is 609. The van der Waals surface area contributed by atoms with Gasteiger partial charge in [-0.1, -0.05) is 31.2 Å². The summed E-state index contributed by atoms with van der Waals surface area (Å²) in [7, 11) is 1.80. The van der Waals surface area contributed by atoms with Gasteiger partial charge in [0.2, 0.25) is 5.91 Å². The van der Waals surface area contributed by atoms with Gasteiger partial charge in [-0.3, -0.25) is 9.79 Å². The van der Waals surface area contributed by atoms with Gasteiger partial charge in [-0.05, 0) is 36.3 Å². The van der Waals surface area contributed by atoms with Crippen molar-refractivity contribution in [3.8, 4) is 0 Å². The zero-order valence-electron chi connectivity index (χ0n) is 16.4. The van der Waals surface area contributed by atoms with Crippen LogP contribution in [0.2, 0.25) is 0 Å². The molecule has 152 valence electrons. The molecule has 7 heteroatoms. The van der Waals surface area contributed by atoms with E-state index in [9.17, 15) is 4.79 Å². The van der Waals surface area contributed by atoms with E-state index in [1.54, 1.807) is 7.05 Å². The fraction of sp³-hybridized carbons (Fsp3) is 0.600. The maximum Gasteiger partial charge on any atom is 0.217 e. The van der Waals surface area contributed by atoms with Crippen LogP contribution in [0.4, 0.5) is 0 Å². The Morgan fingerprint density at radius 2 is 2.11 bits per heavy atom. The van der Waals surface area contributed by atoms with E-state index in [4.69, 9.17) is 10.5 Å². The van der Waals surface area contributed by atoms with Crippen molar-refractivity contribution < 1.29 is 9.53 Å². The van der Waals surface area contributed by atoms with Gasteiger partial charge in [0.25, 0.3) is 0 Å². The molecular formula is C20H33IN4O2. The number of likely N-dealkylation sites (tertiary alicyclic amines) is 1. The van der Waals surface area contributed by atoms with Crippen molar-refractivity contribution in [1.29, 1.82) is 0 Å². The molecule has 1 atom stereocenters. The maximum absolute atomic E-state index is 11.2. The molecule has 1 heterocycles. The van der Waals surface area contributed by atoms with Gasteiger partial charge in [-0.15, -0.1) is 24.0 Å². The molecule has 1 amide bonds. The number of nitrogens with zero attached hydrogens (tertiary/aromatic N) is 2. The highest BCUT2D eigenvalue weighted by molar-refractivity contribution is 14.0. The number of ether oxygens (including phenoxy) is 1. The number of piperidine rings is 1. The largest absolute Gasteiger partial charge is 0.377 e. The van der Waals surface area contributed by atoms with Gasteiger partial charge in [0.15, 0.2) is 5.96 Å². The number of aliphatic imine (C=N–C) groups is 1. The minimum absolute atomic E-state index is 0. The number of hydrogen-bond acceptors (Lipinski definition) is 3. The Kier molecular flexibility index (Phi) is 11.3. The Morgan fingerprint density at radius 3 is 2.78 bits per heavy atom. The van der Waals surface area contributed by atoms with Crippen LogP contribution in [0.3, 0.4) is 0 Å². The van der Waals surface area contributed by atoms with E-state index >= 15 is 0 Å². The molecule has 27 heavy (non-hydrogen) atoms. The summed E-state index contributed by atoms with van der Waals surface area (Å²) in [6, 6.07) is 8.32. The smallest absolute Gasteiger partial charge is 0.217 e. The van der Waals surface area contributed by atoms with Crippen molar-refractivity contribution in [2.75, 3.05) is 26.7 Å². The number of nitrogens with one attached hydrogen (secondary N) is 1. The van der Waals surface area contributed by atoms with Crippen LogP contribution in [0.25, 0.3) is 0 Å². The Morgan fingerprint density at radius 1 is 1.37 bits per heavy atom. The first-order chi connectivity index (χ1) is 12.6. The van der Waals surface area contributed by atoms with Crippen molar-refractivity contribution in [3.05, 3.63) is 35.4 Å². The first-order valence-electron chi connectivity index (χ1n) is 9.52. The first kappa shape index (κ1) is 23.7. The number of amides is 1. The summed E-state index contributed by atoms with van der Waals surface area (Å²) < 4.78 is 5.70. The van der Waals surface area contributed by atoms with Gasteiger partial charge in [0.1, 0.15) is 0 Å². The highest BCUT2D eigenvalue weighted by atomic mass is 127. The number of hydrogen-bond donors (Lipinski definition) is 2. The van der Waals surface area contributed by atoms with Crippen LogP contribution in [0.5, 0.6) is 0 Å². The average molecular weight is 488 g/mol. The molecule has 6 nitrogen and oxygen atoms in total. The Balaban J connectivity index is 0.00000364. The zero-order chi connectivity index (χ0) is 18.8. The third-order valence-electron chi connectivity index (χ3n) is 4.68. The van der Waals surface area contributed by atoms with Gasteiger partial charge < -0.3 is 20.7 Å². The van der Waals surface area contributed by atoms with Crippen molar-refractivity contribution in [2.24, 2.45) is 16.6 Å². The third-order valence-corrected chi connectivity index (χ3v) is 4.68. The van der Waals surface area contributed by atoms with Crippen LogP contribution in [-0.4, -0.2) is 43.5 Å². The van der Waals surface area contributed by atoms with Gasteiger partial charge in [0, 0.05) is 39.7 Å². The summed E-state index contributed by atoms with van der Waals surface area (Å²) >= 11 is 0. The van der Waals surface area contributed by atoms with Crippen molar-refractivity contribution in [3.63, 3.8) is 0 Å². The number of rotatable bonds is 8. The molecular weight excluding hydrogens is 455 g/mol. The van der Waals surface area contributed by atoms with E-state index in [2.05, 4.69) is 34.3 Å². The molecule has 0 saturated carbocycles. The van der Waals surface area contributed by atoms with Crippen LogP contribution in [0, 0.1) is 5.92 Å². The van der Waals surface area contributed by atoms with Crippen LogP contribution < -0.4 is 11.1 Å². The van der Waals surface area contributed by atoms with E-state index in [0.29, 0.717) is 25.5 Å². The molecule has 1 fully saturated rings. The summed E-state index contributed by atoms with van der Waals surface area (Å²) in [5.41, 5.74) is 7.78. The molecule has 1 aliphatic heterocycles. The monoisotopic (exact) mass is 488 g/mol. The van der Waals surface area contributed by atoms with Gasteiger partial charge >= 0.3 is 0 Å². The first-order valence-corrected chi connectivity index (χ1v) is 9.52. The van der Waals surface area contributed by atoms with E-state index in [-0.39, 0.29) is 29.9 Å².